The lowest BCUT2D eigenvalue weighted by atomic mass is 10.2. The monoisotopic (exact) mass is 408 g/mol. The summed E-state index contributed by atoms with van der Waals surface area (Å²) in [6.45, 7) is 2.50. The lowest BCUT2D eigenvalue weighted by molar-refractivity contribution is -0.116. The Balaban J connectivity index is 1.59. The molecule has 9 heteroatoms. The van der Waals surface area contributed by atoms with Crippen LogP contribution in [-0.2, 0) is 17.9 Å². The van der Waals surface area contributed by atoms with Crippen LogP contribution >= 0.6 is 27.5 Å². The van der Waals surface area contributed by atoms with Crippen molar-refractivity contribution < 1.29 is 4.79 Å². The second-order valence-corrected chi connectivity index (χ2v) is 6.49. The smallest absolute Gasteiger partial charge is 0.248 e. The maximum atomic E-state index is 12.0. The number of aromatic nitrogens is 5. The first-order valence-electron chi connectivity index (χ1n) is 7.13. The van der Waals surface area contributed by atoms with E-state index >= 15 is 0 Å². The lowest BCUT2D eigenvalue weighted by Crippen LogP contribution is -2.20. The maximum absolute atomic E-state index is 12.0. The topological polar surface area (TPSA) is 77.6 Å². The molecule has 0 radical (unpaired) electrons. The van der Waals surface area contributed by atoms with Gasteiger partial charge in [0.15, 0.2) is 0 Å². The molecule has 0 aliphatic carbocycles. The van der Waals surface area contributed by atoms with Crippen LogP contribution in [0, 0.1) is 6.92 Å². The molecule has 124 valence electrons. The van der Waals surface area contributed by atoms with Crippen LogP contribution in [0.2, 0.25) is 5.02 Å². The van der Waals surface area contributed by atoms with Gasteiger partial charge in [-0.15, -0.1) is 5.10 Å². The normalized spacial score (nSPS) is 10.8. The second-order valence-electron chi connectivity index (χ2n) is 5.20. The van der Waals surface area contributed by atoms with Crippen molar-refractivity contribution in [3.63, 3.8) is 0 Å². The molecular formula is C15H14BrClN6O. The summed E-state index contributed by atoms with van der Waals surface area (Å²) in [6.07, 6.45) is 3.32. The average Bonchev–Trinajstić information content (AvgIpc) is 3.08. The van der Waals surface area contributed by atoms with Crippen LogP contribution in [-0.4, -0.2) is 30.5 Å². The van der Waals surface area contributed by atoms with E-state index < -0.39 is 0 Å². The number of hydrogen-bond acceptors (Lipinski definition) is 4. The number of carbonyl (C=O) groups excluding carboxylic acids is 1. The van der Waals surface area contributed by atoms with Crippen LogP contribution in [0.3, 0.4) is 0 Å². The SMILES string of the molecule is Cc1nn(CC(=O)Nc2ncn(Cc3ccc(Cl)cc3)n2)cc1Br. The molecule has 1 amide bonds. The zero-order valence-corrected chi connectivity index (χ0v) is 15.1. The third kappa shape index (κ3) is 4.21. The highest BCUT2D eigenvalue weighted by Crippen LogP contribution is 2.13. The minimum atomic E-state index is -0.241. The molecule has 0 spiro atoms. The Labute approximate surface area is 151 Å². The summed E-state index contributed by atoms with van der Waals surface area (Å²) < 4.78 is 4.06. The van der Waals surface area contributed by atoms with Gasteiger partial charge in [-0.3, -0.25) is 14.8 Å². The first-order chi connectivity index (χ1) is 11.5. The van der Waals surface area contributed by atoms with E-state index in [4.69, 9.17) is 11.6 Å². The molecule has 0 unspecified atom stereocenters. The number of anilines is 1. The predicted octanol–water partition coefficient (Wildman–Crippen LogP) is 2.89. The Morgan fingerprint density at radius 2 is 2.00 bits per heavy atom. The van der Waals surface area contributed by atoms with Gasteiger partial charge in [-0.2, -0.15) is 5.10 Å². The number of nitrogens with zero attached hydrogens (tertiary/aromatic N) is 5. The Hall–Kier alpha value is -2.19. The summed E-state index contributed by atoms with van der Waals surface area (Å²) in [5.74, 6) is 0.0196. The second kappa shape index (κ2) is 7.14. The molecule has 0 aliphatic heterocycles. The van der Waals surface area contributed by atoms with Crippen LogP contribution in [0.5, 0.6) is 0 Å². The Morgan fingerprint density at radius 3 is 2.67 bits per heavy atom. The molecule has 1 aromatic carbocycles. The molecular weight excluding hydrogens is 396 g/mol. The summed E-state index contributed by atoms with van der Waals surface area (Å²) in [7, 11) is 0. The number of benzene rings is 1. The van der Waals surface area contributed by atoms with Crippen molar-refractivity contribution >= 4 is 39.4 Å². The Kier molecular flexibility index (Phi) is 4.96. The van der Waals surface area contributed by atoms with Gasteiger partial charge < -0.3 is 0 Å². The van der Waals surface area contributed by atoms with Gasteiger partial charge in [-0.1, -0.05) is 23.7 Å². The molecule has 1 N–H and O–H groups in total. The Morgan fingerprint density at radius 1 is 1.25 bits per heavy atom. The van der Waals surface area contributed by atoms with Crippen LogP contribution in [0.4, 0.5) is 5.95 Å². The van der Waals surface area contributed by atoms with E-state index in [1.54, 1.807) is 21.9 Å². The van der Waals surface area contributed by atoms with E-state index in [2.05, 4.69) is 36.4 Å². The summed E-state index contributed by atoms with van der Waals surface area (Å²) in [5, 5.41) is 11.8. The molecule has 24 heavy (non-hydrogen) atoms. The number of aryl methyl sites for hydroxylation is 1. The third-order valence-electron chi connectivity index (χ3n) is 3.24. The van der Waals surface area contributed by atoms with Gasteiger partial charge in [0.2, 0.25) is 11.9 Å². The first-order valence-corrected chi connectivity index (χ1v) is 8.30. The van der Waals surface area contributed by atoms with Gasteiger partial charge >= 0.3 is 0 Å². The van der Waals surface area contributed by atoms with Crippen LogP contribution < -0.4 is 5.32 Å². The van der Waals surface area contributed by atoms with E-state index in [-0.39, 0.29) is 18.4 Å². The van der Waals surface area contributed by atoms with Crippen molar-refractivity contribution in [1.29, 1.82) is 0 Å². The zero-order valence-electron chi connectivity index (χ0n) is 12.8. The minimum Gasteiger partial charge on any atom is -0.292 e. The van der Waals surface area contributed by atoms with Crippen molar-refractivity contribution in [1.82, 2.24) is 24.5 Å². The molecule has 2 heterocycles. The fraction of sp³-hybridized carbons (Fsp3) is 0.200. The highest BCUT2D eigenvalue weighted by Gasteiger charge is 2.09. The molecule has 0 saturated heterocycles. The molecule has 3 aromatic rings. The third-order valence-corrected chi connectivity index (χ3v) is 4.27. The van der Waals surface area contributed by atoms with Gasteiger partial charge in [0.25, 0.3) is 0 Å². The van der Waals surface area contributed by atoms with Gasteiger partial charge in [0.1, 0.15) is 12.9 Å². The van der Waals surface area contributed by atoms with E-state index in [1.807, 2.05) is 31.2 Å². The molecule has 2 aromatic heterocycles. The fourth-order valence-electron chi connectivity index (χ4n) is 2.09. The van der Waals surface area contributed by atoms with Gasteiger partial charge in [0, 0.05) is 11.2 Å². The van der Waals surface area contributed by atoms with Crippen LogP contribution in [0.1, 0.15) is 11.3 Å². The standard InChI is InChI=1S/C15H14BrClN6O/c1-10-13(16)7-22(20-10)8-14(24)19-15-18-9-23(21-15)6-11-2-4-12(17)5-3-11/h2-5,7,9H,6,8H2,1H3,(H,19,21,24). The molecule has 0 bridgehead atoms. The molecule has 0 fully saturated rings. The van der Waals surface area contributed by atoms with E-state index in [0.717, 1.165) is 15.7 Å². The number of rotatable bonds is 5. The average molecular weight is 410 g/mol. The van der Waals surface area contributed by atoms with Crippen molar-refractivity contribution in [2.24, 2.45) is 0 Å². The highest BCUT2D eigenvalue weighted by molar-refractivity contribution is 9.10. The predicted molar refractivity (Wildman–Crippen MR) is 93.9 cm³/mol. The largest absolute Gasteiger partial charge is 0.292 e. The van der Waals surface area contributed by atoms with Gasteiger partial charge in [-0.05, 0) is 40.5 Å². The van der Waals surface area contributed by atoms with Crippen LogP contribution in [0.25, 0.3) is 0 Å². The zero-order chi connectivity index (χ0) is 17.1. The highest BCUT2D eigenvalue weighted by atomic mass is 79.9. The molecule has 0 atom stereocenters. The molecule has 3 rings (SSSR count). The summed E-state index contributed by atoms with van der Waals surface area (Å²) in [4.78, 5) is 16.1. The molecule has 0 aliphatic rings. The maximum Gasteiger partial charge on any atom is 0.248 e. The van der Waals surface area contributed by atoms with Crippen molar-refractivity contribution in [2.45, 2.75) is 20.0 Å². The quantitative estimate of drug-likeness (QED) is 0.703. The first kappa shape index (κ1) is 16.7. The summed E-state index contributed by atoms with van der Waals surface area (Å²) >= 11 is 9.22. The van der Waals surface area contributed by atoms with E-state index in [0.29, 0.717) is 11.6 Å². The summed E-state index contributed by atoms with van der Waals surface area (Å²) in [6, 6.07) is 7.47. The van der Waals surface area contributed by atoms with Crippen molar-refractivity contribution in [3.05, 3.63) is 57.5 Å². The number of nitrogens with one attached hydrogen (secondary N) is 1. The van der Waals surface area contributed by atoms with Crippen molar-refractivity contribution in [3.8, 4) is 0 Å². The minimum absolute atomic E-state index is 0.0954. The molecule has 7 nitrogen and oxygen atoms in total. The van der Waals surface area contributed by atoms with Crippen LogP contribution in [0.15, 0.2) is 41.3 Å². The Bertz CT molecular complexity index is 838. The molecule has 0 saturated carbocycles. The van der Waals surface area contributed by atoms with E-state index in [9.17, 15) is 4.79 Å². The summed E-state index contributed by atoms with van der Waals surface area (Å²) in [5.41, 5.74) is 1.87. The fourth-order valence-corrected chi connectivity index (χ4v) is 2.53. The number of amides is 1. The number of carbonyl (C=O) groups is 1. The number of hydrogen-bond donors (Lipinski definition) is 1. The van der Waals surface area contributed by atoms with Gasteiger partial charge in [-0.25, -0.2) is 9.67 Å². The lowest BCUT2D eigenvalue weighted by Gasteiger charge is -2.02. The number of halogens is 2. The van der Waals surface area contributed by atoms with E-state index in [1.165, 1.54) is 0 Å². The van der Waals surface area contributed by atoms with Crippen molar-refractivity contribution in [2.75, 3.05) is 5.32 Å². The van der Waals surface area contributed by atoms with Gasteiger partial charge in [0.05, 0.1) is 16.7 Å².